The maximum Gasteiger partial charge on any atom is 0.416 e. The van der Waals surface area contributed by atoms with E-state index in [0.29, 0.717) is 0 Å². The van der Waals surface area contributed by atoms with Gasteiger partial charge in [0, 0.05) is 62.9 Å². The number of hydrogen-bond acceptors (Lipinski definition) is 0. The Morgan fingerprint density at radius 2 is 0.523 bits per heavy atom. The zero-order valence-corrected chi connectivity index (χ0v) is 51.8. The third-order valence-corrected chi connectivity index (χ3v) is 22.0. The molecule has 485 valence electrons. The van der Waals surface area contributed by atoms with Crippen molar-refractivity contribution in [3.8, 4) is 0 Å². The average Bonchev–Trinajstić information content (AvgIpc) is 0.782. The van der Waals surface area contributed by atoms with Crippen LogP contribution < -0.4 is 27.3 Å². The van der Waals surface area contributed by atoms with Crippen LogP contribution in [0.4, 0.5) is 105 Å². The Morgan fingerprint density at radius 1 is 0.337 bits per heavy atom. The van der Waals surface area contributed by atoms with Crippen LogP contribution >= 0.6 is 15.8 Å². The summed E-state index contributed by atoms with van der Waals surface area (Å²) in [5.41, 5.74) is -24.9. The molecule has 0 spiro atoms. The summed E-state index contributed by atoms with van der Waals surface area (Å²) in [5.74, 6) is 0. The van der Waals surface area contributed by atoms with Gasteiger partial charge in [-0.15, -0.1) is 0 Å². The summed E-state index contributed by atoms with van der Waals surface area (Å²) < 4.78 is 342. The van der Waals surface area contributed by atoms with Crippen molar-refractivity contribution in [2.45, 2.75) is 134 Å². The van der Waals surface area contributed by atoms with Gasteiger partial charge in [0.1, 0.15) is 6.15 Å². The molecule has 0 amide bonds. The molecule has 0 aliphatic carbocycles. The fraction of sp³-hybridized carbons (Fsp3) is 0.464. The SMILES string of the molecule is CC(C)[PH+](CCC[PH+](C(C)C)C(C)C)C(C)C.C[N+](C)(C)[BH2-]c1ccccc1.FC(F)(F)c1cc([B-](c2cc(C(F)(F)F)cc(C(F)(F)F)c2)(c2cc(C(F)(F)F)cc(C(F)(F)F)c2)c2cc(C(F)(F)F)cc(C(F)(F)F)c2)cc(C(F)(F)F)c1.[Rh]. The molecule has 0 heterocycles. The van der Waals surface area contributed by atoms with Crippen molar-refractivity contribution < 1.29 is 129 Å². The van der Waals surface area contributed by atoms with Gasteiger partial charge in [0.05, 0.1) is 79.5 Å². The Kier molecular flexibility index (Phi) is 26.2. The van der Waals surface area contributed by atoms with Crippen LogP contribution in [-0.2, 0) is 68.9 Å². The van der Waals surface area contributed by atoms with E-state index < -0.39 is 195 Å². The van der Waals surface area contributed by atoms with Gasteiger partial charge >= 0.3 is 49.4 Å². The van der Waals surface area contributed by atoms with Crippen LogP contribution in [-0.4, -0.2) is 74.1 Å². The van der Waals surface area contributed by atoms with Gasteiger partial charge in [-0.2, -0.15) is 133 Å². The molecule has 86 heavy (non-hydrogen) atoms. The van der Waals surface area contributed by atoms with Crippen LogP contribution in [0.2, 0.25) is 0 Å². The van der Waals surface area contributed by atoms with E-state index in [1.807, 2.05) is 0 Å². The van der Waals surface area contributed by atoms with Crippen molar-refractivity contribution in [3.05, 3.63) is 148 Å². The van der Waals surface area contributed by atoms with E-state index in [0.717, 1.165) is 27.0 Å². The number of quaternary nitrogens is 1. The number of benzene rings is 5. The summed E-state index contributed by atoms with van der Waals surface area (Å²) in [5, 5.41) is 0. The van der Waals surface area contributed by atoms with Crippen LogP contribution in [0.1, 0.15) is 106 Å². The number of nitrogens with zero attached hydrogens (tertiary/aromatic N) is 1. The van der Waals surface area contributed by atoms with E-state index >= 15 is 0 Å². The molecule has 0 aliphatic heterocycles. The van der Waals surface area contributed by atoms with Gasteiger partial charge in [0.15, 0.2) is 0 Å². The number of hydrogen-bond donors (Lipinski definition) is 0. The Hall–Kier alpha value is -4.01. The monoisotopic (exact) mass is 1390 g/mol. The summed E-state index contributed by atoms with van der Waals surface area (Å²) in [6.07, 6.45) is -50.2. The molecule has 30 heteroatoms. The first-order valence-corrected chi connectivity index (χ1v) is 30.0. The summed E-state index contributed by atoms with van der Waals surface area (Å²) in [7, 11) is 6.54. The second-order valence-electron chi connectivity index (χ2n) is 23.4. The van der Waals surface area contributed by atoms with Gasteiger partial charge in [-0.25, -0.2) is 0 Å². The van der Waals surface area contributed by atoms with E-state index in [2.05, 4.69) is 107 Å². The number of rotatable bonds is 14. The molecule has 0 aliphatic rings. The zero-order chi connectivity index (χ0) is 65.8. The first-order chi connectivity index (χ1) is 38.1. The summed E-state index contributed by atoms with van der Waals surface area (Å²) in [4.78, 5) is 0. The maximum atomic E-state index is 14.2. The molecule has 1 nitrogen and oxygen atoms in total. The molecule has 0 bridgehead atoms. The van der Waals surface area contributed by atoms with Gasteiger partial charge in [-0.05, 0) is 79.7 Å². The minimum atomic E-state index is -6.13. The smallest absolute Gasteiger partial charge is 0.416 e. The predicted molar refractivity (Wildman–Crippen MR) is 294 cm³/mol. The first kappa shape index (κ1) is 78.1. The molecule has 0 unspecified atom stereocenters. The Bertz CT molecular complexity index is 2500. The largest absolute Gasteiger partial charge is 0.524 e. The van der Waals surface area contributed by atoms with Crippen LogP contribution in [0.15, 0.2) is 103 Å². The summed E-state index contributed by atoms with van der Waals surface area (Å²) in [6.45, 7) is 19.5. The van der Waals surface area contributed by atoms with Crippen LogP contribution in [0.5, 0.6) is 0 Å². The Balaban J connectivity index is 0.000000710. The van der Waals surface area contributed by atoms with Crippen molar-refractivity contribution in [1.82, 2.24) is 0 Å². The molecule has 5 aromatic rings. The van der Waals surface area contributed by atoms with E-state index in [1.165, 1.54) is 11.9 Å². The molecule has 0 N–H and O–H groups in total. The third-order valence-electron chi connectivity index (χ3n) is 14.2. The first-order valence-electron chi connectivity index (χ1n) is 26.3. The van der Waals surface area contributed by atoms with Crippen LogP contribution in [0, 0.1) is 0 Å². The summed E-state index contributed by atoms with van der Waals surface area (Å²) in [6, 6.07) is 1.95. The number of halogens is 24. The normalized spacial score (nSPS) is 13.5. The van der Waals surface area contributed by atoms with Crippen molar-refractivity contribution in [2.24, 2.45) is 0 Å². The fourth-order valence-corrected chi connectivity index (χ4v) is 17.0. The number of alkyl halides is 24. The molecule has 0 fully saturated rings. The Morgan fingerprint density at radius 3 is 0.674 bits per heavy atom. The maximum absolute atomic E-state index is 14.2. The molecular weight excluding hydrogens is 1330 g/mol. The van der Waals surface area contributed by atoms with Crippen molar-refractivity contribution in [2.75, 3.05) is 33.5 Å². The molecule has 0 saturated carbocycles. The fourth-order valence-electron chi connectivity index (χ4n) is 10.5. The van der Waals surface area contributed by atoms with Crippen molar-refractivity contribution in [1.29, 1.82) is 0 Å². The molecule has 0 aromatic heterocycles. The zero-order valence-electron chi connectivity index (χ0n) is 48.2. The summed E-state index contributed by atoms with van der Waals surface area (Å²) >= 11 is 0. The molecule has 0 atom stereocenters. The van der Waals surface area contributed by atoms with Gasteiger partial charge in [0.2, 0.25) is 7.41 Å². The molecule has 0 saturated heterocycles. The average molecular weight is 1390 g/mol. The van der Waals surface area contributed by atoms with Gasteiger partial charge in [-0.1, -0.05) is 78.9 Å². The predicted octanol–water partition coefficient (Wildman–Crippen LogP) is 16.8. The molecular formula is C56H64B2F24NP2Rh+. The molecule has 5 aromatic carbocycles. The van der Waals surface area contributed by atoms with Gasteiger partial charge < -0.3 is 4.39 Å². The van der Waals surface area contributed by atoms with E-state index in [9.17, 15) is 105 Å². The third kappa shape index (κ3) is 21.9. The van der Waals surface area contributed by atoms with Crippen LogP contribution in [0.25, 0.3) is 0 Å². The molecule has 1 radical (unpaired) electrons. The van der Waals surface area contributed by atoms with Gasteiger partial charge in [-0.3, -0.25) is 0 Å². The molecule has 5 rings (SSSR count). The van der Waals surface area contributed by atoms with Crippen molar-refractivity contribution in [3.63, 3.8) is 0 Å². The van der Waals surface area contributed by atoms with E-state index in [4.69, 9.17) is 0 Å². The Labute approximate surface area is 499 Å². The second-order valence-corrected chi connectivity index (χ2v) is 31.3. The standard InChI is InChI=1S/C32H12BF24.C15H34P2.C9H16BN.Rh/c34-25(35,36)13-1-14(26(37,38)39)6-21(5-13)33(22-7-15(27(40,41)42)2-16(8-22)28(43,44)45,23-9-17(29(46,47)48)3-18(10-23)30(49,50)51)24-11-19(31(52,53)54)4-20(12-24)32(55,56)57;1-12(2)16(13(3)4)10-9-11-17(14(5)6)15(7)8;1-11(2,3)10-9-7-5-4-6-8-9;/h1-12H;12-15H,9-11H2,1-8H3;4-8H,10H2,1-3H3;/q-1;;;/p+2. The van der Waals surface area contributed by atoms with E-state index in [-0.39, 0.29) is 42.7 Å². The van der Waals surface area contributed by atoms with Gasteiger partial charge in [0.25, 0.3) is 0 Å². The second kappa shape index (κ2) is 28.9. The van der Waals surface area contributed by atoms with Crippen LogP contribution in [0.3, 0.4) is 0 Å². The van der Waals surface area contributed by atoms with E-state index in [1.54, 1.807) is 12.3 Å². The van der Waals surface area contributed by atoms with Crippen molar-refractivity contribution >= 4 is 56.7 Å². The minimum absolute atomic E-state index is 0. The minimum Gasteiger partial charge on any atom is -0.524 e. The quantitative estimate of drug-likeness (QED) is 0.0591. The topological polar surface area (TPSA) is 0 Å².